The molecule has 3 aliphatic rings. The average molecular weight is 351 g/mol. The number of amides is 2. The molecule has 6 nitrogen and oxygen atoms in total. The molecule has 0 aromatic rings. The third-order valence-corrected chi connectivity index (χ3v) is 6.25. The number of ether oxygens (including phenoxy) is 1. The van der Waals surface area contributed by atoms with Crippen LogP contribution in [-0.2, 0) is 14.3 Å². The van der Waals surface area contributed by atoms with Crippen molar-refractivity contribution in [3.8, 4) is 0 Å². The second-order valence-corrected chi connectivity index (χ2v) is 8.16. The van der Waals surface area contributed by atoms with Gasteiger partial charge in [-0.2, -0.15) is 0 Å². The Balaban J connectivity index is 1.53. The normalized spacial score (nSPS) is 27.3. The van der Waals surface area contributed by atoms with Crippen molar-refractivity contribution in [1.29, 1.82) is 0 Å². The van der Waals surface area contributed by atoms with Crippen LogP contribution in [0.25, 0.3) is 0 Å². The lowest BCUT2D eigenvalue weighted by molar-refractivity contribution is -0.146. The van der Waals surface area contributed by atoms with Crippen LogP contribution in [-0.4, -0.2) is 85.5 Å². The van der Waals surface area contributed by atoms with Crippen molar-refractivity contribution in [1.82, 2.24) is 14.7 Å². The molecule has 0 aromatic heterocycles. The molecule has 2 amide bonds. The molecular weight excluding hydrogens is 318 g/mol. The van der Waals surface area contributed by atoms with Crippen molar-refractivity contribution in [3.63, 3.8) is 0 Å². The van der Waals surface area contributed by atoms with Crippen LogP contribution in [0.1, 0.15) is 45.4 Å². The van der Waals surface area contributed by atoms with Crippen LogP contribution >= 0.6 is 0 Å². The summed E-state index contributed by atoms with van der Waals surface area (Å²) in [6.45, 7) is 7.49. The minimum absolute atomic E-state index is 0.115. The molecule has 25 heavy (non-hydrogen) atoms. The Labute approximate surface area is 151 Å². The van der Waals surface area contributed by atoms with Gasteiger partial charge < -0.3 is 19.4 Å². The minimum Gasteiger partial charge on any atom is -0.372 e. The fraction of sp³-hybridized carbons (Fsp3) is 0.895. The zero-order valence-electron chi connectivity index (χ0n) is 15.8. The van der Waals surface area contributed by atoms with E-state index in [4.69, 9.17) is 4.74 Å². The quantitative estimate of drug-likeness (QED) is 0.702. The Hall–Kier alpha value is -1.14. The van der Waals surface area contributed by atoms with Crippen LogP contribution in [0.5, 0.6) is 0 Å². The molecule has 0 bridgehead atoms. The van der Waals surface area contributed by atoms with Crippen molar-refractivity contribution in [3.05, 3.63) is 0 Å². The Morgan fingerprint density at radius 1 is 1.24 bits per heavy atom. The summed E-state index contributed by atoms with van der Waals surface area (Å²) in [7, 11) is 2.13. The van der Waals surface area contributed by atoms with Gasteiger partial charge in [0.05, 0.1) is 0 Å². The van der Waals surface area contributed by atoms with Crippen molar-refractivity contribution >= 4 is 11.8 Å². The molecule has 0 aliphatic carbocycles. The number of nitrogens with zero attached hydrogens (tertiary/aromatic N) is 3. The number of likely N-dealkylation sites (tertiary alicyclic amines) is 3. The van der Waals surface area contributed by atoms with Crippen molar-refractivity contribution in [2.24, 2.45) is 5.41 Å². The maximum Gasteiger partial charge on any atom is 0.248 e. The van der Waals surface area contributed by atoms with E-state index >= 15 is 0 Å². The zero-order chi connectivity index (χ0) is 17.9. The molecule has 0 unspecified atom stereocenters. The first-order valence-electron chi connectivity index (χ1n) is 9.86. The first-order valence-corrected chi connectivity index (χ1v) is 9.86. The number of hydrogen-bond donors (Lipinski definition) is 0. The summed E-state index contributed by atoms with van der Waals surface area (Å²) in [5.74, 6) is 0.446. The third-order valence-electron chi connectivity index (χ3n) is 6.25. The molecule has 3 aliphatic heterocycles. The summed E-state index contributed by atoms with van der Waals surface area (Å²) >= 11 is 0. The van der Waals surface area contributed by atoms with Gasteiger partial charge in [0.15, 0.2) is 0 Å². The summed E-state index contributed by atoms with van der Waals surface area (Å²) in [4.78, 5) is 31.1. The summed E-state index contributed by atoms with van der Waals surface area (Å²) in [5.41, 5.74) is 0.218. The molecule has 1 atom stereocenters. The number of likely N-dealkylation sites (N-methyl/N-ethyl adjacent to an activating group) is 1. The lowest BCUT2D eigenvalue weighted by Gasteiger charge is -2.49. The van der Waals surface area contributed by atoms with E-state index in [2.05, 4.69) is 16.8 Å². The highest BCUT2D eigenvalue weighted by molar-refractivity contribution is 5.78. The van der Waals surface area contributed by atoms with E-state index in [-0.39, 0.29) is 17.9 Å². The van der Waals surface area contributed by atoms with Crippen molar-refractivity contribution in [2.75, 3.05) is 53.0 Å². The molecule has 6 heteroatoms. The largest absolute Gasteiger partial charge is 0.372 e. The fourth-order valence-electron chi connectivity index (χ4n) is 4.58. The van der Waals surface area contributed by atoms with E-state index < -0.39 is 0 Å². The molecule has 3 rings (SSSR count). The monoisotopic (exact) mass is 351 g/mol. The second-order valence-electron chi connectivity index (χ2n) is 8.16. The molecule has 3 saturated heterocycles. The van der Waals surface area contributed by atoms with Gasteiger partial charge in [0.2, 0.25) is 11.8 Å². The Bertz CT molecular complexity index is 488. The van der Waals surface area contributed by atoms with Crippen LogP contribution in [0.2, 0.25) is 0 Å². The second kappa shape index (κ2) is 8.04. The Morgan fingerprint density at radius 3 is 2.64 bits per heavy atom. The Morgan fingerprint density at radius 2 is 2.00 bits per heavy atom. The summed E-state index contributed by atoms with van der Waals surface area (Å²) in [6.07, 6.45) is 5.72. The zero-order valence-corrected chi connectivity index (χ0v) is 15.8. The number of rotatable bonds is 5. The van der Waals surface area contributed by atoms with Crippen LogP contribution in [0.4, 0.5) is 0 Å². The molecule has 0 saturated carbocycles. The van der Waals surface area contributed by atoms with Crippen LogP contribution in [0, 0.1) is 5.41 Å². The van der Waals surface area contributed by atoms with Crippen molar-refractivity contribution < 1.29 is 14.3 Å². The van der Waals surface area contributed by atoms with E-state index in [1.807, 2.05) is 11.8 Å². The highest BCUT2D eigenvalue weighted by Crippen LogP contribution is 2.41. The first kappa shape index (κ1) is 18.6. The van der Waals surface area contributed by atoms with E-state index in [1.54, 1.807) is 0 Å². The van der Waals surface area contributed by atoms with E-state index in [1.165, 1.54) is 0 Å². The van der Waals surface area contributed by atoms with Gasteiger partial charge in [-0.15, -0.1) is 0 Å². The van der Waals surface area contributed by atoms with Gasteiger partial charge in [0, 0.05) is 45.2 Å². The van der Waals surface area contributed by atoms with E-state index in [0.29, 0.717) is 25.0 Å². The summed E-state index contributed by atoms with van der Waals surface area (Å²) in [6, 6.07) is 0.386. The lowest BCUT2D eigenvalue weighted by atomic mass is 9.72. The average Bonchev–Trinajstić information content (AvgIpc) is 3.04. The number of carbonyl (C=O) groups is 2. The summed E-state index contributed by atoms with van der Waals surface area (Å²) in [5, 5.41) is 0. The van der Waals surface area contributed by atoms with Gasteiger partial charge in [-0.1, -0.05) is 6.92 Å². The van der Waals surface area contributed by atoms with Gasteiger partial charge in [0.25, 0.3) is 0 Å². The SMILES string of the molecule is CCCOCC(=O)N1CCC2(CCC(=O)N([C@H]3CCN(C)C3)C2)CC1. The number of hydrogen-bond acceptors (Lipinski definition) is 4. The molecule has 1 spiro atoms. The van der Waals surface area contributed by atoms with E-state index in [9.17, 15) is 9.59 Å². The topological polar surface area (TPSA) is 53.1 Å². The highest BCUT2D eigenvalue weighted by Gasteiger charge is 2.44. The maximum atomic E-state index is 12.5. The predicted molar refractivity (Wildman–Crippen MR) is 96.2 cm³/mol. The standard InChI is InChI=1S/C19H33N3O3/c1-3-12-25-14-18(24)21-10-7-19(8-11-21)6-4-17(23)22(15-19)16-5-9-20(2)13-16/h16H,3-15H2,1-2H3/t16-/m0/s1. The van der Waals surface area contributed by atoms with Crippen LogP contribution in [0.15, 0.2) is 0 Å². The van der Waals surface area contributed by atoms with Crippen LogP contribution < -0.4 is 0 Å². The first-order chi connectivity index (χ1) is 12.0. The minimum atomic E-state index is 0.115. The van der Waals surface area contributed by atoms with Gasteiger partial charge in [-0.25, -0.2) is 0 Å². The molecule has 3 heterocycles. The lowest BCUT2D eigenvalue weighted by Crippen LogP contribution is -2.55. The Kier molecular flexibility index (Phi) is 6.00. The third kappa shape index (κ3) is 4.34. The predicted octanol–water partition coefficient (Wildman–Crippen LogP) is 1.35. The maximum absolute atomic E-state index is 12.5. The summed E-state index contributed by atoms with van der Waals surface area (Å²) < 4.78 is 5.39. The number of piperidine rings is 2. The van der Waals surface area contributed by atoms with Crippen molar-refractivity contribution in [2.45, 2.75) is 51.5 Å². The molecule has 0 aromatic carbocycles. The van der Waals surface area contributed by atoms with E-state index in [0.717, 1.165) is 64.8 Å². The molecule has 0 N–H and O–H groups in total. The molecular formula is C19H33N3O3. The molecule has 3 fully saturated rings. The molecule has 0 radical (unpaired) electrons. The smallest absolute Gasteiger partial charge is 0.248 e. The van der Waals surface area contributed by atoms with Gasteiger partial charge in [0.1, 0.15) is 6.61 Å². The van der Waals surface area contributed by atoms with Gasteiger partial charge >= 0.3 is 0 Å². The highest BCUT2D eigenvalue weighted by atomic mass is 16.5. The van der Waals surface area contributed by atoms with Gasteiger partial charge in [-0.3, -0.25) is 9.59 Å². The fourth-order valence-corrected chi connectivity index (χ4v) is 4.58. The van der Waals surface area contributed by atoms with Crippen LogP contribution in [0.3, 0.4) is 0 Å². The number of carbonyl (C=O) groups excluding carboxylic acids is 2. The van der Waals surface area contributed by atoms with Gasteiger partial charge in [-0.05, 0) is 51.1 Å². The molecule has 142 valence electrons.